The van der Waals surface area contributed by atoms with Gasteiger partial charge in [-0.3, -0.25) is 0 Å². The minimum atomic E-state index is -0.531. The van der Waals surface area contributed by atoms with E-state index in [-0.39, 0.29) is 5.41 Å². The third-order valence-electron chi connectivity index (χ3n) is 4.35. The van der Waals surface area contributed by atoms with Crippen molar-refractivity contribution in [2.75, 3.05) is 0 Å². The molecule has 0 saturated heterocycles. The Morgan fingerprint density at radius 2 is 1.54 bits per heavy atom. The predicted molar refractivity (Wildman–Crippen MR) is 58.8 cm³/mol. The Hall–Kier alpha value is -0.0400. The first-order valence-corrected chi connectivity index (χ1v) is 5.58. The molecule has 0 amide bonds. The normalized spacial score (nSPS) is 23.3. The molecule has 0 bridgehead atoms. The Balaban J connectivity index is 4.81. The smallest absolute Gasteiger partial charge is 0.0672 e. The van der Waals surface area contributed by atoms with Gasteiger partial charge in [0.1, 0.15) is 0 Å². The van der Waals surface area contributed by atoms with Crippen molar-refractivity contribution in [1.82, 2.24) is 0 Å². The van der Waals surface area contributed by atoms with E-state index in [1.807, 2.05) is 6.92 Å². The summed E-state index contributed by atoms with van der Waals surface area (Å²) in [6, 6.07) is 0. The molecule has 0 aliphatic heterocycles. The highest BCUT2D eigenvalue weighted by molar-refractivity contribution is 4.93. The zero-order chi connectivity index (χ0) is 10.7. The van der Waals surface area contributed by atoms with Gasteiger partial charge in [-0.05, 0) is 31.1 Å². The topological polar surface area (TPSA) is 20.2 Å². The van der Waals surface area contributed by atoms with Gasteiger partial charge in [0.25, 0.3) is 0 Å². The van der Waals surface area contributed by atoms with Crippen LogP contribution in [0.4, 0.5) is 0 Å². The van der Waals surface area contributed by atoms with Gasteiger partial charge in [0, 0.05) is 0 Å². The molecule has 1 heteroatoms. The quantitative estimate of drug-likeness (QED) is 0.695. The number of aliphatic hydroxyl groups is 1. The first-order valence-electron chi connectivity index (χ1n) is 5.58. The standard InChI is InChI=1S/C12H26O/c1-7-10(4)11(5,8-2)12(6,13)9-3/h10,13H,7-9H2,1-6H3. The lowest BCUT2D eigenvalue weighted by Gasteiger charge is -2.46. The van der Waals surface area contributed by atoms with E-state index in [4.69, 9.17) is 0 Å². The fourth-order valence-corrected chi connectivity index (χ4v) is 2.11. The van der Waals surface area contributed by atoms with Crippen LogP contribution in [0, 0.1) is 11.3 Å². The summed E-state index contributed by atoms with van der Waals surface area (Å²) in [5.74, 6) is 0.576. The van der Waals surface area contributed by atoms with Crippen LogP contribution in [-0.4, -0.2) is 10.7 Å². The highest BCUT2D eigenvalue weighted by Gasteiger charge is 2.43. The summed E-state index contributed by atoms with van der Waals surface area (Å²) < 4.78 is 0. The number of hydrogen-bond donors (Lipinski definition) is 1. The molecule has 0 aromatic carbocycles. The Morgan fingerprint density at radius 1 is 1.08 bits per heavy atom. The molecular weight excluding hydrogens is 160 g/mol. The second-order valence-electron chi connectivity index (χ2n) is 4.71. The zero-order valence-electron chi connectivity index (χ0n) is 10.1. The monoisotopic (exact) mass is 186 g/mol. The summed E-state index contributed by atoms with van der Waals surface area (Å²) in [6.07, 6.45) is 3.02. The van der Waals surface area contributed by atoms with Crippen LogP contribution in [0.25, 0.3) is 0 Å². The Morgan fingerprint density at radius 3 is 1.77 bits per heavy atom. The van der Waals surface area contributed by atoms with Gasteiger partial charge in [0.05, 0.1) is 5.60 Å². The van der Waals surface area contributed by atoms with E-state index in [1.165, 1.54) is 0 Å². The second kappa shape index (κ2) is 4.45. The molecule has 0 rings (SSSR count). The summed E-state index contributed by atoms with van der Waals surface area (Å²) in [5, 5.41) is 10.3. The van der Waals surface area contributed by atoms with Crippen molar-refractivity contribution in [1.29, 1.82) is 0 Å². The van der Waals surface area contributed by atoms with Crippen molar-refractivity contribution in [3.8, 4) is 0 Å². The fraction of sp³-hybridized carbons (Fsp3) is 1.00. The molecular formula is C12H26O. The fourth-order valence-electron chi connectivity index (χ4n) is 2.11. The lowest BCUT2D eigenvalue weighted by Crippen LogP contribution is -2.47. The summed E-state index contributed by atoms with van der Waals surface area (Å²) in [7, 11) is 0. The Kier molecular flexibility index (Phi) is 4.44. The van der Waals surface area contributed by atoms with E-state index in [1.54, 1.807) is 0 Å². The highest BCUT2D eigenvalue weighted by atomic mass is 16.3. The van der Waals surface area contributed by atoms with Crippen LogP contribution < -0.4 is 0 Å². The van der Waals surface area contributed by atoms with Crippen molar-refractivity contribution in [2.24, 2.45) is 11.3 Å². The molecule has 0 heterocycles. The van der Waals surface area contributed by atoms with Gasteiger partial charge in [0.2, 0.25) is 0 Å². The van der Waals surface area contributed by atoms with Crippen molar-refractivity contribution >= 4 is 0 Å². The molecule has 0 fully saturated rings. The van der Waals surface area contributed by atoms with Crippen LogP contribution in [-0.2, 0) is 0 Å². The van der Waals surface area contributed by atoms with E-state index in [9.17, 15) is 5.11 Å². The highest BCUT2D eigenvalue weighted by Crippen LogP contribution is 2.44. The third-order valence-corrected chi connectivity index (χ3v) is 4.35. The third kappa shape index (κ3) is 2.25. The number of hydrogen-bond acceptors (Lipinski definition) is 1. The van der Waals surface area contributed by atoms with Gasteiger partial charge in [-0.1, -0.05) is 41.0 Å². The summed E-state index contributed by atoms with van der Waals surface area (Å²) in [4.78, 5) is 0. The maximum Gasteiger partial charge on any atom is 0.0672 e. The van der Waals surface area contributed by atoms with Crippen LogP contribution in [0.2, 0.25) is 0 Å². The molecule has 1 N–H and O–H groups in total. The van der Waals surface area contributed by atoms with Crippen LogP contribution in [0.15, 0.2) is 0 Å². The summed E-state index contributed by atoms with van der Waals surface area (Å²) >= 11 is 0. The van der Waals surface area contributed by atoms with Gasteiger partial charge in [0.15, 0.2) is 0 Å². The van der Waals surface area contributed by atoms with E-state index in [0.717, 1.165) is 19.3 Å². The molecule has 3 atom stereocenters. The van der Waals surface area contributed by atoms with Crippen LogP contribution in [0.5, 0.6) is 0 Å². The summed E-state index contributed by atoms with van der Waals surface area (Å²) in [5.41, 5.74) is -0.478. The molecule has 13 heavy (non-hydrogen) atoms. The molecule has 0 spiro atoms. The molecule has 0 aromatic rings. The lowest BCUT2D eigenvalue weighted by molar-refractivity contribution is -0.0957. The predicted octanol–water partition coefficient (Wildman–Crippen LogP) is 3.61. The largest absolute Gasteiger partial charge is 0.390 e. The van der Waals surface area contributed by atoms with Gasteiger partial charge in [-0.25, -0.2) is 0 Å². The SMILES string of the molecule is CCC(C)C(C)(CC)C(C)(O)CC. The first kappa shape index (κ1) is 13.0. The average Bonchev–Trinajstić information content (AvgIpc) is 2.14. The summed E-state index contributed by atoms with van der Waals surface area (Å²) in [6.45, 7) is 12.9. The molecule has 80 valence electrons. The molecule has 0 aliphatic rings. The van der Waals surface area contributed by atoms with E-state index in [2.05, 4.69) is 34.6 Å². The minimum absolute atomic E-state index is 0.0521. The second-order valence-corrected chi connectivity index (χ2v) is 4.71. The lowest BCUT2D eigenvalue weighted by atomic mass is 9.63. The van der Waals surface area contributed by atoms with Gasteiger partial charge >= 0.3 is 0 Å². The van der Waals surface area contributed by atoms with Crippen molar-refractivity contribution in [2.45, 2.75) is 66.4 Å². The van der Waals surface area contributed by atoms with Gasteiger partial charge in [-0.15, -0.1) is 0 Å². The van der Waals surface area contributed by atoms with Crippen molar-refractivity contribution < 1.29 is 5.11 Å². The molecule has 0 aliphatic carbocycles. The van der Waals surface area contributed by atoms with Crippen molar-refractivity contribution in [3.05, 3.63) is 0 Å². The molecule has 0 saturated carbocycles. The first-order chi connectivity index (χ1) is 5.85. The maximum absolute atomic E-state index is 10.3. The zero-order valence-corrected chi connectivity index (χ0v) is 10.1. The molecule has 0 radical (unpaired) electrons. The van der Waals surface area contributed by atoms with E-state index in [0.29, 0.717) is 5.92 Å². The van der Waals surface area contributed by atoms with E-state index < -0.39 is 5.60 Å². The van der Waals surface area contributed by atoms with Crippen LogP contribution in [0.3, 0.4) is 0 Å². The Bertz CT molecular complexity index is 151. The molecule has 1 nitrogen and oxygen atoms in total. The Labute approximate surface area is 83.5 Å². The molecule has 0 aromatic heterocycles. The van der Waals surface area contributed by atoms with Crippen LogP contribution >= 0.6 is 0 Å². The maximum atomic E-state index is 10.3. The van der Waals surface area contributed by atoms with Crippen molar-refractivity contribution in [3.63, 3.8) is 0 Å². The minimum Gasteiger partial charge on any atom is -0.390 e. The van der Waals surface area contributed by atoms with Gasteiger partial charge in [-0.2, -0.15) is 0 Å². The van der Waals surface area contributed by atoms with Gasteiger partial charge < -0.3 is 5.11 Å². The van der Waals surface area contributed by atoms with Crippen LogP contribution in [0.1, 0.15) is 60.8 Å². The average molecular weight is 186 g/mol. The molecule has 3 unspecified atom stereocenters. The number of rotatable bonds is 5. The van der Waals surface area contributed by atoms with E-state index >= 15 is 0 Å².